The molecule has 28 heavy (non-hydrogen) atoms. The van der Waals surface area contributed by atoms with Crippen molar-refractivity contribution in [2.75, 3.05) is 25.0 Å². The van der Waals surface area contributed by atoms with Crippen molar-refractivity contribution in [2.45, 2.75) is 43.9 Å². The SMILES string of the molecule is CCOc1ccc(S(=O)(=O)N2CCCCC2)cc1NC(=O)CCc1cccs1. The molecule has 0 saturated carbocycles. The van der Waals surface area contributed by atoms with E-state index in [2.05, 4.69) is 5.32 Å². The molecule has 0 atom stereocenters. The Hall–Kier alpha value is -1.90. The summed E-state index contributed by atoms with van der Waals surface area (Å²) in [7, 11) is -3.57. The average molecular weight is 423 g/mol. The molecule has 1 saturated heterocycles. The fourth-order valence-corrected chi connectivity index (χ4v) is 5.46. The number of rotatable bonds is 8. The lowest BCUT2D eigenvalue weighted by Gasteiger charge is -2.26. The van der Waals surface area contributed by atoms with E-state index in [-0.39, 0.29) is 10.8 Å². The lowest BCUT2D eigenvalue weighted by atomic mass is 10.2. The van der Waals surface area contributed by atoms with E-state index in [1.807, 2.05) is 24.4 Å². The monoisotopic (exact) mass is 422 g/mol. The van der Waals surface area contributed by atoms with Crippen molar-refractivity contribution in [3.05, 3.63) is 40.6 Å². The number of nitrogens with one attached hydrogen (secondary N) is 1. The Morgan fingerprint density at radius 2 is 2.00 bits per heavy atom. The lowest BCUT2D eigenvalue weighted by Crippen LogP contribution is -2.35. The summed E-state index contributed by atoms with van der Waals surface area (Å²) in [5, 5.41) is 4.81. The number of aryl methyl sites for hydroxylation is 1. The number of carbonyl (C=O) groups is 1. The van der Waals surface area contributed by atoms with Crippen LogP contribution in [0.1, 0.15) is 37.5 Å². The molecule has 1 aliphatic rings. The maximum atomic E-state index is 12.9. The summed E-state index contributed by atoms with van der Waals surface area (Å²) in [5.74, 6) is 0.312. The summed E-state index contributed by atoms with van der Waals surface area (Å²) >= 11 is 1.61. The number of amides is 1. The fraction of sp³-hybridized carbons (Fsp3) is 0.450. The van der Waals surface area contributed by atoms with Gasteiger partial charge in [-0.15, -0.1) is 11.3 Å². The second kappa shape index (κ2) is 9.54. The van der Waals surface area contributed by atoms with Crippen LogP contribution in [-0.4, -0.2) is 38.3 Å². The van der Waals surface area contributed by atoms with Crippen LogP contribution in [0, 0.1) is 0 Å². The zero-order chi connectivity index (χ0) is 20.0. The van der Waals surface area contributed by atoms with E-state index in [0.717, 1.165) is 24.1 Å². The normalized spacial score (nSPS) is 15.3. The van der Waals surface area contributed by atoms with Crippen molar-refractivity contribution in [2.24, 2.45) is 0 Å². The highest BCUT2D eigenvalue weighted by atomic mass is 32.2. The topological polar surface area (TPSA) is 75.7 Å². The summed E-state index contributed by atoms with van der Waals surface area (Å²) in [6.45, 7) is 3.35. The number of hydrogen-bond acceptors (Lipinski definition) is 5. The molecular formula is C20H26N2O4S2. The number of anilines is 1. The van der Waals surface area contributed by atoms with Crippen LogP contribution in [0.15, 0.2) is 40.6 Å². The van der Waals surface area contributed by atoms with Gasteiger partial charge < -0.3 is 10.1 Å². The van der Waals surface area contributed by atoms with E-state index in [0.29, 0.717) is 44.0 Å². The molecule has 6 nitrogen and oxygen atoms in total. The predicted molar refractivity (Wildman–Crippen MR) is 111 cm³/mol. The van der Waals surface area contributed by atoms with Crippen LogP contribution < -0.4 is 10.1 Å². The van der Waals surface area contributed by atoms with E-state index in [1.54, 1.807) is 23.5 Å². The minimum atomic E-state index is -3.57. The molecule has 1 aromatic carbocycles. The molecule has 152 valence electrons. The van der Waals surface area contributed by atoms with Gasteiger partial charge in [-0.25, -0.2) is 8.42 Å². The van der Waals surface area contributed by atoms with E-state index in [9.17, 15) is 13.2 Å². The molecule has 1 N–H and O–H groups in total. The minimum Gasteiger partial charge on any atom is -0.492 e. The highest BCUT2D eigenvalue weighted by Gasteiger charge is 2.27. The molecule has 1 aliphatic heterocycles. The number of carbonyl (C=O) groups excluding carboxylic acids is 1. The smallest absolute Gasteiger partial charge is 0.243 e. The fourth-order valence-electron chi connectivity index (χ4n) is 3.21. The number of sulfonamides is 1. The number of hydrogen-bond donors (Lipinski definition) is 1. The van der Waals surface area contributed by atoms with Gasteiger partial charge in [-0.1, -0.05) is 12.5 Å². The molecule has 3 rings (SSSR count). The summed E-state index contributed by atoms with van der Waals surface area (Å²) in [5.41, 5.74) is 0.399. The number of benzene rings is 1. The van der Waals surface area contributed by atoms with Crippen molar-refractivity contribution >= 4 is 33.0 Å². The van der Waals surface area contributed by atoms with Crippen LogP contribution in [0.4, 0.5) is 5.69 Å². The number of thiophene rings is 1. The van der Waals surface area contributed by atoms with Gasteiger partial charge in [0.05, 0.1) is 17.2 Å². The van der Waals surface area contributed by atoms with Crippen LogP contribution in [0.25, 0.3) is 0 Å². The van der Waals surface area contributed by atoms with Gasteiger partial charge in [-0.3, -0.25) is 4.79 Å². The van der Waals surface area contributed by atoms with Gasteiger partial charge in [0.25, 0.3) is 0 Å². The third-order valence-corrected chi connectivity index (χ3v) is 7.49. The zero-order valence-electron chi connectivity index (χ0n) is 16.0. The van der Waals surface area contributed by atoms with Crippen LogP contribution >= 0.6 is 11.3 Å². The summed E-state index contributed by atoms with van der Waals surface area (Å²) in [6, 6.07) is 8.64. The third kappa shape index (κ3) is 5.12. The van der Waals surface area contributed by atoms with Gasteiger partial charge >= 0.3 is 0 Å². The van der Waals surface area contributed by atoms with Crippen molar-refractivity contribution in [3.8, 4) is 5.75 Å². The molecule has 2 heterocycles. The van der Waals surface area contributed by atoms with E-state index in [1.165, 1.54) is 10.4 Å². The summed E-state index contributed by atoms with van der Waals surface area (Å²) in [4.78, 5) is 13.7. The molecule has 1 amide bonds. The van der Waals surface area contributed by atoms with Crippen LogP contribution in [0.2, 0.25) is 0 Å². The van der Waals surface area contributed by atoms with E-state index in [4.69, 9.17) is 4.74 Å². The Labute approximate surface area is 170 Å². The largest absolute Gasteiger partial charge is 0.492 e. The molecule has 0 radical (unpaired) electrons. The van der Waals surface area contributed by atoms with Crippen molar-refractivity contribution in [1.29, 1.82) is 0 Å². The molecule has 0 unspecified atom stereocenters. The van der Waals surface area contributed by atoms with E-state index < -0.39 is 10.0 Å². The molecule has 8 heteroatoms. The maximum absolute atomic E-state index is 12.9. The number of nitrogens with zero attached hydrogens (tertiary/aromatic N) is 1. The lowest BCUT2D eigenvalue weighted by molar-refractivity contribution is -0.116. The first-order valence-corrected chi connectivity index (χ1v) is 11.9. The minimum absolute atomic E-state index is 0.165. The molecule has 0 spiro atoms. The van der Waals surface area contributed by atoms with Gasteiger partial charge in [-0.2, -0.15) is 4.31 Å². The highest BCUT2D eigenvalue weighted by molar-refractivity contribution is 7.89. The Morgan fingerprint density at radius 3 is 2.68 bits per heavy atom. The van der Waals surface area contributed by atoms with Crippen LogP contribution in [0.5, 0.6) is 5.75 Å². The van der Waals surface area contributed by atoms with Crippen LogP contribution in [-0.2, 0) is 21.2 Å². The van der Waals surface area contributed by atoms with Gasteiger partial charge in [0.2, 0.25) is 15.9 Å². The van der Waals surface area contributed by atoms with E-state index >= 15 is 0 Å². The molecule has 1 aromatic heterocycles. The molecule has 1 fully saturated rings. The Morgan fingerprint density at radius 1 is 1.21 bits per heavy atom. The average Bonchev–Trinajstić information content (AvgIpc) is 3.22. The zero-order valence-corrected chi connectivity index (χ0v) is 17.7. The van der Waals surface area contributed by atoms with Gasteiger partial charge in [0, 0.05) is 24.4 Å². The second-order valence-corrected chi connectivity index (χ2v) is 9.65. The van der Waals surface area contributed by atoms with Crippen molar-refractivity contribution in [1.82, 2.24) is 4.31 Å². The molecular weight excluding hydrogens is 396 g/mol. The first-order valence-electron chi connectivity index (χ1n) is 9.60. The summed E-state index contributed by atoms with van der Waals surface area (Å²) in [6.07, 6.45) is 3.79. The van der Waals surface area contributed by atoms with Crippen molar-refractivity contribution in [3.63, 3.8) is 0 Å². The first-order chi connectivity index (χ1) is 13.5. The maximum Gasteiger partial charge on any atom is 0.243 e. The first kappa shape index (κ1) is 20.8. The van der Waals surface area contributed by atoms with Gasteiger partial charge in [0.15, 0.2) is 0 Å². The Balaban J connectivity index is 1.77. The predicted octanol–water partition coefficient (Wildman–Crippen LogP) is 3.89. The Kier molecular flexibility index (Phi) is 7.09. The molecule has 0 aliphatic carbocycles. The Bertz CT molecular complexity index is 889. The van der Waals surface area contributed by atoms with Gasteiger partial charge in [-0.05, 0) is 55.8 Å². The van der Waals surface area contributed by atoms with Gasteiger partial charge in [0.1, 0.15) is 5.75 Å². The van der Waals surface area contributed by atoms with Crippen molar-refractivity contribution < 1.29 is 17.9 Å². The number of ether oxygens (including phenoxy) is 1. The third-order valence-electron chi connectivity index (χ3n) is 4.66. The standard InChI is InChI=1S/C20H26N2O4S2/c1-2-26-19-10-9-17(28(24,25)22-12-4-3-5-13-22)15-18(19)21-20(23)11-8-16-7-6-14-27-16/h6-7,9-10,14-15H,2-5,8,11-13H2,1H3,(H,21,23). The van der Waals surface area contributed by atoms with Crippen LogP contribution in [0.3, 0.4) is 0 Å². The number of piperidine rings is 1. The quantitative estimate of drug-likeness (QED) is 0.700. The second-order valence-electron chi connectivity index (χ2n) is 6.68. The summed E-state index contributed by atoms with van der Waals surface area (Å²) < 4.78 is 33.0. The molecule has 2 aromatic rings. The molecule has 0 bridgehead atoms. The highest BCUT2D eigenvalue weighted by Crippen LogP contribution is 2.30.